The predicted octanol–water partition coefficient (Wildman–Crippen LogP) is -0.390. The number of aromatic carboxylic acids is 1. The van der Waals surface area contributed by atoms with E-state index in [2.05, 4.69) is 10.3 Å². The molecule has 1 rings (SSSR count). The third kappa shape index (κ3) is 4.64. The van der Waals surface area contributed by atoms with Gasteiger partial charge >= 0.3 is 5.97 Å². The van der Waals surface area contributed by atoms with Crippen molar-refractivity contribution in [1.82, 2.24) is 9.29 Å². The van der Waals surface area contributed by atoms with E-state index in [1.165, 1.54) is 25.4 Å². The zero-order valence-corrected chi connectivity index (χ0v) is 11.1. The van der Waals surface area contributed by atoms with Crippen LogP contribution in [0, 0.1) is 0 Å². The number of carboxylic acids is 1. The second kappa shape index (κ2) is 5.76. The quantitative estimate of drug-likeness (QED) is 0.761. The predicted molar refractivity (Wildman–Crippen MR) is 67.3 cm³/mol. The number of sulfonamides is 1. The van der Waals surface area contributed by atoms with Gasteiger partial charge < -0.3 is 10.4 Å². The molecule has 0 aliphatic heterocycles. The van der Waals surface area contributed by atoms with Gasteiger partial charge in [-0.05, 0) is 12.1 Å². The number of amides is 1. The van der Waals surface area contributed by atoms with Gasteiger partial charge in [-0.3, -0.25) is 4.79 Å². The highest BCUT2D eigenvalue weighted by Gasteiger charge is 2.15. The van der Waals surface area contributed by atoms with Crippen LogP contribution < -0.4 is 5.32 Å². The Bertz CT molecular complexity index is 599. The van der Waals surface area contributed by atoms with E-state index in [9.17, 15) is 18.0 Å². The number of carbonyl (C=O) groups is 2. The van der Waals surface area contributed by atoms with E-state index in [0.717, 1.165) is 10.6 Å². The standard InChI is InChI=1S/C10H13N3O5S/c1-13(19(2,17)18)6-9(14)12-8-5-7(10(15)16)3-4-11-8/h3-5H,6H2,1-2H3,(H,15,16)(H,11,12,14). The summed E-state index contributed by atoms with van der Waals surface area (Å²) in [7, 11) is -2.19. The molecule has 0 saturated carbocycles. The maximum Gasteiger partial charge on any atom is 0.335 e. The van der Waals surface area contributed by atoms with E-state index in [0.29, 0.717) is 0 Å². The highest BCUT2D eigenvalue weighted by atomic mass is 32.2. The van der Waals surface area contributed by atoms with E-state index in [1.54, 1.807) is 0 Å². The lowest BCUT2D eigenvalue weighted by Gasteiger charge is -2.13. The van der Waals surface area contributed by atoms with Crippen LogP contribution in [-0.2, 0) is 14.8 Å². The molecule has 0 spiro atoms. The van der Waals surface area contributed by atoms with E-state index >= 15 is 0 Å². The summed E-state index contributed by atoms with van der Waals surface area (Å²) in [5.74, 6) is -1.71. The first kappa shape index (κ1) is 15.1. The second-order valence-electron chi connectivity index (χ2n) is 3.80. The molecule has 0 bridgehead atoms. The Kier molecular flexibility index (Phi) is 4.57. The van der Waals surface area contributed by atoms with Crippen LogP contribution >= 0.6 is 0 Å². The molecule has 1 aromatic rings. The Morgan fingerprint density at radius 3 is 2.63 bits per heavy atom. The summed E-state index contributed by atoms with van der Waals surface area (Å²) in [5, 5.41) is 11.1. The van der Waals surface area contributed by atoms with Crippen molar-refractivity contribution in [3.05, 3.63) is 23.9 Å². The third-order valence-corrected chi connectivity index (χ3v) is 3.47. The number of nitrogens with one attached hydrogen (secondary N) is 1. The Balaban J connectivity index is 2.73. The number of nitrogens with zero attached hydrogens (tertiary/aromatic N) is 2. The first-order valence-corrected chi connectivity index (χ1v) is 6.95. The van der Waals surface area contributed by atoms with E-state index in [4.69, 9.17) is 5.11 Å². The number of carboxylic acid groups (broad SMARTS) is 1. The minimum atomic E-state index is -3.45. The fourth-order valence-corrected chi connectivity index (χ4v) is 1.49. The Hall–Kier alpha value is -2.00. The second-order valence-corrected chi connectivity index (χ2v) is 5.89. The van der Waals surface area contributed by atoms with Gasteiger partial charge in [0.15, 0.2) is 0 Å². The molecule has 0 radical (unpaired) electrons. The highest BCUT2D eigenvalue weighted by molar-refractivity contribution is 7.88. The summed E-state index contributed by atoms with van der Waals surface area (Å²) in [6.07, 6.45) is 2.21. The van der Waals surface area contributed by atoms with Crippen molar-refractivity contribution in [3.8, 4) is 0 Å². The summed E-state index contributed by atoms with van der Waals surface area (Å²) >= 11 is 0. The molecule has 19 heavy (non-hydrogen) atoms. The lowest BCUT2D eigenvalue weighted by Crippen LogP contribution is -2.34. The third-order valence-electron chi connectivity index (χ3n) is 2.21. The lowest BCUT2D eigenvalue weighted by molar-refractivity contribution is -0.116. The first-order chi connectivity index (χ1) is 8.70. The summed E-state index contributed by atoms with van der Waals surface area (Å²) in [6, 6.07) is 2.46. The number of carbonyl (C=O) groups excluding carboxylic acids is 1. The average Bonchev–Trinajstić information content (AvgIpc) is 2.27. The molecule has 0 unspecified atom stereocenters. The molecule has 104 valence electrons. The van der Waals surface area contributed by atoms with Gasteiger partial charge in [-0.2, -0.15) is 4.31 Å². The summed E-state index contributed by atoms with van der Waals surface area (Å²) < 4.78 is 23.1. The van der Waals surface area contributed by atoms with Crippen molar-refractivity contribution in [2.24, 2.45) is 0 Å². The smallest absolute Gasteiger partial charge is 0.335 e. The normalized spacial score (nSPS) is 11.3. The Labute approximate surface area is 110 Å². The molecular formula is C10H13N3O5S. The van der Waals surface area contributed by atoms with Gasteiger partial charge in [0, 0.05) is 13.2 Å². The average molecular weight is 287 g/mol. The van der Waals surface area contributed by atoms with Crippen LogP contribution in [0.3, 0.4) is 0 Å². The van der Waals surface area contributed by atoms with E-state index in [1.807, 2.05) is 0 Å². The van der Waals surface area contributed by atoms with Crippen LogP contribution in [0.25, 0.3) is 0 Å². The van der Waals surface area contributed by atoms with Crippen molar-refractivity contribution in [2.45, 2.75) is 0 Å². The zero-order valence-electron chi connectivity index (χ0n) is 10.3. The van der Waals surface area contributed by atoms with Gasteiger partial charge in [-0.1, -0.05) is 0 Å². The van der Waals surface area contributed by atoms with Crippen molar-refractivity contribution in [3.63, 3.8) is 0 Å². The maximum atomic E-state index is 11.5. The minimum absolute atomic E-state index is 0.0261. The SMILES string of the molecule is CN(CC(=O)Nc1cc(C(=O)O)ccn1)S(C)(=O)=O. The number of hydrogen-bond donors (Lipinski definition) is 2. The van der Waals surface area contributed by atoms with Crippen molar-refractivity contribution in [1.29, 1.82) is 0 Å². The van der Waals surface area contributed by atoms with Gasteiger partial charge in [0.05, 0.1) is 18.4 Å². The van der Waals surface area contributed by atoms with Gasteiger partial charge in [0.2, 0.25) is 15.9 Å². The fraction of sp³-hybridized carbons (Fsp3) is 0.300. The van der Waals surface area contributed by atoms with Crippen LogP contribution in [0.2, 0.25) is 0 Å². The number of hydrogen-bond acceptors (Lipinski definition) is 5. The Morgan fingerprint density at radius 2 is 2.11 bits per heavy atom. The molecule has 0 aliphatic rings. The molecule has 1 amide bonds. The zero-order chi connectivity index (χ0) is 14.6. The number of anilines is 1. The molecule has 0 aliphatic carbocycles. The largest absolute Gasteiger partial charge is 0.478 e. The molecule has 0 aromatic carbocycles. The van der Waals surface area contributed by atoms with Crippen LogP contribution in [0.4, 0.5) is 5.82 Å². The number of likely N-dealkylation sites (N-methyl/N-ethyl adjacent to an activating group) is 1. The van der Waals surface area contributed by atoms with Crippen molar-refractivity contribution < 1.29 is 23.1 Å². The van der Waals surface area contributed by atoms with E-state index < -0.39 is 21.9 Å². The molecule has 1 heterocycles. The summed E-state index contributed by atoms with van der Waals surface area (Å²) in [4.78, 5) is 26.0. The molecule has 9 heteroatoms. The number of rotatable bonds is 5. The van der Waals surface area contributed by atoms with Gasteiger partial charge in [-0.15, -0.1) is 0 Å². The summed E-state index contributed by atoms with van der Waals surface area (Å²) in [6.45, 7) is -0.377. The Morgan fingerprint density at radius 1 is 1.47 bits per heavy atom. The van der Waals surface area contributed by atoms with Gasteiger partial charge in [0.1, 0.15) is 5.82 Å². The summed E-state index contributed by atoms with van der Waals surface area (Å²) in [5.41, 5.74) is -0.0261. The van der Waals surface area contributed by atoms with Crippen molar-refractivity contribution >= 4 is 27.7 Å². The van der Waals surface area contributed by atoms with Crippen LogP contribution in [0.15, 0.2) is 18.3 Å². The monoisotopic (exact) mass is 287 g/mol. The van der Waals surface area contributed by atoms with Crippen molar-refractivity contribution in [2.75, 3.05) is 25.2 Å². The van der Waals surface area contributed by atoms with Gasteiger partial charge in [0.25, 0.3) is 0 Å². The molecule has 0 atom stereocenters. The van der Waals surface area contributed by atoms with Crippen LogP contribution in [0.5, 0.6) is 0 Å². The fourth-order valence-electron chi connectivity index (χ4n) is 1.13. The lowest BCUT2D eigenvalue weighted by atomic mass is 10.2. The molecule has 2 N–H and O–H groups in total. The van der Waals surface area contributed by atoms with E-state index in [-0.39, 0.29) is 17.9 Å². The topological polar surface area (TPSA) is 117 Å². The number of pyridine rings is 1. The molecule has 0 saturated heterocycles. The number of aromatic nitrogens is 1. The molecular weight excluding hydrogens is 274 g/mol. The van der Waals surface area contributed by atoms with Crippen LogP contribution in [-0.4, -0.2) is 54.5 Å². The van der Waals surface area contributed by atoms with Crippen LogP contribution in [0.1, 0.15) is 10.4 Å². The molecule has 8 nitrogen and oxygen atoms in total. The highest BCUT2D eigenvalue weighted by Crippen LogP contribution is 2.07. The molecule has 1 aromatic heterocycles. The van der Waals surface area contributed by atoms with Gasteiger partial charge in [-0.25, -0.2) is 18.2 Å². The maximum absolute atomic E-state index is 11.5. The minimum Gasteiger partial charge on any atom is -0.478 e. The molecule has 0 fully saturated rings. The first-order valence-electron chi connectivity index (χ1n) is 5.10.